The molecule has 4 nitrogen and oxygen atoms in total. The molecule has 0 spiro atoms. The Hall–Kier alpha value is -1.78. The SMILES string of the molecule is C=CC1(C=C)CCC(c2cc(N3CCOCC3)ccc2N2CCNCC2)CC1. The van der Waals surface area contributed by atoms with Crippen LogP contribution in [0.5, 0.6) is 0 Å². The molecular weight excluding hydrogens is 346 g/mol. The van der Waals surface area contributed by atoms with E-state index in [9.17, 15) is 0 Å². The lowest BCUT2D eigenvalue weighted by molar-refractivity contribution is 0.122. The van der Waals surface area contributed by atoms with Crippen molar-refractivity contribution in [3.63, 3.8) is 0 Å². The molecule has 0 amide bonds. The molecule has 1 aromatic carbocycles. The molecule has 1 aromatic rings. The van der Waals surface area contributed by atoms with Gasteiger partial charge in [0, 0.05) is 56.1 Å². The molecule has 4 rings (SSSR count). The number of piperazine rings is 1. The minimum Gasteiger partial charge on any atom is -0.378 e. The lowest BCUT2D eigenvalue weighted by Gasteiger charge is -2.39. The van der Waals surface area contributed by atoms with Gasteiger partial charge in [0.25, 0.3) is 0 Å². The molecule has 1 N–H and O–H groups in total. The van der Waals surface area contributed by atoms with E-state index in [1.165, 1.54) is 24.2 Å². The first kappa shape index (κ1) is 19.5. The Labute approximate surface area is 170 Å². The van der Waals surface area contributed by atoms with Crippen LogP contribution in [0.3, 0.4) is 0 Å². The number of hydrogen-bond donors (Lipinski definition) is 1. The van der Waals surface area contributed by atoms with Crippen molar-refractivity contribution in [1.29, 1.82) is 0 Å². The first-order valence-corrected chi connectivity index (χ1v) is 10.9. The van der Waals surface area contributed by atoms with Crippen LogP contribution in [0.4, 0.5) is 11.4 Å². The Morgan fingerprint density at radius 1 is 0.964 bits per heavy atom. The van der Waals surface area contributed by atoms with Crippen LogP contribution < -0.4 is 15.1 Å². The van der Waals surface area contributed by atoms with E-state index in [1.807, 2.05) is 0 Å². The Bertz CT molecular complexity index is 671. The van der Waals surface area contributed by atoms with E-state index < -0.39 is 0 Å². The standard InChI is InChI=1S/C24H35N3O/c1-3-24(4-2)9-7-20(8-10-24)22-19-21(26-15-17-28-18-16-26)5-6-23(22)27-13-11-25-12-14-27/h3-6,19-20,25H,1-2,7-18H2. The van der Waals surface area contributed by atoms with E-state index in [0.717, 1.165) is 65.3 Å². The molecule has 152 valence electrons. The third-order valence-electron chi connectivity index (χ3n) is 7.01. The minimum absolute atomic E-state index is 0.132. The quantitative estimate of drug-likeness (QED) is 0.782. The van der Waals surface area contributed by atoms with E-state index in [-0.39, 0.29) is 5.41 Å². The van der Waals surface area contributed by atoms with Crippen LogP contribution in [0.25, 0.3) is 0 Å². The van der Waals surface area contributed by atoms with Crippen LogP contribution in [-0.4, -0.2) is 52.5 Å². The molecule has 0 unspecified atom stereocenters. The van der Waals surface area contributed by atoms with Gasteiger partial charge >= 0.3 is 0 Å². The average Bonchev–Trinajstić information content (AvgIpc) is 2.80. The second-order valence-electron chi connectivity index (χ2n) is 8.50. The number of rotatable bonds is 5. The summed E-state index contributed by atoms with van der Waals surface area (Å²) in [5.74, 6) is 0.624. The first-order valence-electron chi connectivity index (χ1n) is 10.9. The number of hydrogen-bond acceptors (Lipinski definition) is 4. The molecular formula is C24H35N3O. The highest BCUT2D eigenvalue weighted by molar-refractivity contribution is 5.63. The molecule has 0 bridgehead atoms. The molecule has 1 aliphatic carbocycles. The second-order valence-corrected chi connectivity index (χ2v) is 8.50. The fraction of sp³-hybridized carbons (Fsp3) is 0.583. The van der Waals surface area contributed by atoms with E-state index in [2.05, 4.69) is 58.6 Å². The zero-order valence-corrected chi connectivity index (χ0v) is 17.2. The summed E-state index contributed by atoms with van der Waals surface area (Å²) in [7, 11) is 0. The van der Waals surface area contributed by atoms with Gasteiger partial charge in [0.15, 0.2) is 0 Å². The lowest BCUT2D eigenvalue weighted by Crippen LogP contribution is -2.44. The van der Waals surface area contributed by atoms with Crippen LogP contribution in [-0.2, 0) is 4.74 Å². The predicted octanol–water partition coefficient (Wildman–Crippen LogP) is 3.95. The fourth-order valence-electron chi connectivity index (χ4n) is 5.04. The van der Waals surface area contributed by atoms with Crippen molar-refractivity contribution in [2.75, 3.05) is 62.3 Å². The van der Waals surface area contributed by atoms with Gasteiger partial charge in [-0.3, -0.25) is 0 Å². The van der Waals surface area contributed by atoms with Gasteiger partial charge in [-0.25, -0.2) is 0 Å². The van der Waals surface area contributed by atoms with Crippen LogP contribution in [0.15, 0.2) is 43.5 Å². The normalized spacial score (nSPS) is 23.4. The summed E-state index contributed by atoms with van der Waals surface area (Å²) in [5.41, 5.74) is 4.50. The highest BCUT2D eigenvalue weighted by atomic mass is 16.5. The van der Waals surface area contributed by atoms with Crippen molar-refractivity contribution in [3.05, 3.63) is 49.1 Å². The van der Waals surface area contributed by atoms with Crippen molar-refractivity contribution in [2.24, 2.45) is 5.41 Å². The molecule has 3 aliphatic rings. The maximum absolute atomic E-state index is 5.56. The molecule has 2 saturated heterocycles. The van der Waals surface area contributed by atoms with Crippen LogP contribution >= 0.6 is 0 Å². The van der Waals surface area contributed by atoms with Crippen LogP contribution in [0.2, 0.25) is 0 Å². The van der Waals surface area contributed by atoms with Crippen LogP contribution in [0.1, 0.15) is 37.2 Å². The second kappa shape index (κ2) is 8.71. The van der Waals surface area contributed by atoms with E-state index in [4.69, 9.17) is 4.74 Å². The lowest BCUT2D eigenvalue weighted by atomic mass is 9.69. The number of nitrogens with zero attached hydrogens (tertiary/aromatic N) is 2. The number of ether oxygens (including phenoxy) is 1. The average molecular weight is 382 g/mol. The number of benzene rings is 1. The van der Waals surface area contributed by atoms with Gasteiger partial charge in [-0.15, -0.1) is 13.2 Å². The van der Waals surface area contributed by atoms with Gasteiger partial charge in [-0.2, -0.15) is 0 Å². The molecule has 0 aromatic heterocycles. The highest BCUT2D eigenvalue weighted by Gasteiger charge is 2.32. The van der Waals surface area contributed by atoms with Gasteiger partial charge in [0.1, 0.15) is 0 Å². The fourth-order valence-corrected chi connectivity index (χ4v) is 5.04. The smallest absolute Gasteiger partial charge is 0.0642 e. The Kier molecular flexibility index (Phi) is 6.07. The number of nitrogens with one attached hydrogen (secondary N) is 1. The largest absolute Gasteiger partial charge is 0.378 e. The van der Waals surface area contributed by atoms with Gasteiger partial charge in [-0.1, -0.05) is 12.2 Å². The molecule has 0 radical (unpaired) electrons. The van der Waals surface area contributed by atoms with Crippen molar-refractivity contribution < 1.29 is 4.74 Å². The summed E-state index contributed by atoms with van der Waals surface area (Å²) in [5, 5.41) is 3.49. The van der Waals surface area contributed by atoms with Gasteiger partial charge in [-0.05, 0) is 55.4 Å². The summed E-state index contributed by atoms with van der Waals surface area (Å²) < 4.78 is 5.56. The number of morpholine rings is 1. The predicted molar refractivity (Wildman–Crippen MR) is 119 cm³/mol. The summed E-state index contributed by atoms with van der Waals surface area (Å²) in [4.78, 5) is 5.06. The van der Waals surface area contributed by atoms with Gasteiger partial charge < -0.3 is 19.9 Å². The molecule has 1 saturated carbocycles. The Morgan fingerprint density at radius 2 is 1.64 bits per heavy atom. The summed E-state index contributed by atoms with van der Waals surface area (Å²) in [6.45, 7) is 16.2. The van der Waals surface area contributed by atoms with Crippen molar-refractivity contribution >= 4 is 11.4 Å². The van der Waals surface area contributed by atoms with Gasteiger partial charge in [0.05, 0.1) is 13.2 Å². The minimum atomic E-state index is 0.132. The topological polar surface area (TPSA) is 27.7 Å². The Balaban J connectivity index is 1.61. The molecule has 0 atom stereocenters. The van der Waals surface area contributed by atoms with Crippen molar-refractivity contribution in [1.82, 2.24) is 5.32 Å². The maximum atomic E-state index is 5.56. The molecule has 28 heavy (non-hydrogen) atoms. The molecule has 2 heterocycles. The van der Waals surface area contributed by atoms with Crippen LogP contribution in [0, 0.1) is 5.41 Å². The van der Waals surface area contributed by atoms with E-state index in [0.29, 0.717) is 5.92 Å². The third-order valence-corrected chi connectivity index (χ3v) is 7.01. The van der Waals surface area contributed by atoms with Crippen molar-refractivity contribution in [2.45, 2.75) is 31.6 Å². The third kappa shape index (κ3) is 3.99. The first-order chi connectivity index (χ1) is 13.7. The van der Waals surface area contributed by atoms with E-state index in [1.54, 1.807) is 5.56 Å². The summed E-state index contributed by atoms with van der Waals surface area (Å²) >= 11 is 0. The number of allylic oxidation sites excluding steroid dienone is 2. The zero-order valence-electron chi connectivity index (χ0n) is 17.2. The van der Waals surface area contributed by atoms with Gasteiger partial charge in [0.2, 0.25) is 0 Å². The number of anilines is 2. The maximum Gasteiger partial charge on any atom is 0.0642 e. The zero-order chi connectivity index (χ0) is 19.4. The molecule has 2 aliphatic heterocycles. The van der Waals surface area contributed by atoms with Crippen molar-refractivity contribution in [3.8, 4) is 0 Å². The molecule has 3 fully saturated rings. The van der Waals surface area contributed by atoms with E-state index >= 15 is 0 Å². The molecule has 4 heteroatoms. The highest BCUT2D eigenvalue weighted by Crippen LogP contribution is 2.47. The summed E-state index contributed by atoms with van der Waals surface area (Å²) in [6.07, 6.45) is 8.99. The summed E-state index contributed by atoms with van der Waals surface area (Å²) in [6, 6.07) is 7.20. The monoisotopic (exact) mass is 381 g/mol. The Morgan fingerprint density at radius 3 is 2.29 bits per heavy atom.